The summed E-state index contributed by atoms with van der Waals surface area (Å²) < 4.78 is 0. The van der Waals surface area contributed by atoms with Crippen LogP contribution < -0.4 is 10.2 Å². The largest absolute Gasteiger partial charge is 0.377 e. The van der Waals surface area contributed by atoms with E-state index in [1.54, 1.807) is 0 Å². The van der Waals surface area contributed by atoms with E-state index in [4.69, 9.17) is 0 Å². The molecule has 0 fully saturated rings. The first-order chi connectivity index (χ1) is 10.1. The Balaban J connectivity index is 1.93. The molecule has 0 aliphatic heterocycles. The van der Waals surface area contributed by atoms with E-state index in [9.17, 15) is 4.79 Å². The van der Waals surface area contributed by atoms with E-state index in [-0.39, 0.29) is 5.91 Å². The van der Waals surface area contributed by atoms with Crippen LogP contribution in [0.25, 0.3) is 0 Å². The second-order valence-corrected chi connectivity index (χ2v) is 5.39. The molecule has 0 saturated heterocycles. The fourth-order valence-corrected chi connectivity index (χ4v) is 2.37. The van der Waals surface area contributed by atoms with E-state index in [0.717, 1.165) is 17.7 Å². The number of benzene rings is 2. The van der Waals surface area contributed by atoms with Crippen LogP contribution in [0.5, 0.6) is 0 Å². The van der Waals surface area contributed by atoms with Crippen LogP contribution in [0.4, 0.5) is 5.69 Å². The number of carbonyl (C=O) groups excluding carboxylic acids is 1. The van der Waals surface area contributed by atoms with Gasteiger partial charge in [0.05, 0.1) is 0 Å². The number of aryl methyl sites for hydroxylation is 1. The van der Waals surface area contributed by atoms with Crippen LogP contribution in [0.1, 0.15) is 21.5 Å². The van der Waals surface area contributed by atoms with Crippen LogP contribution in [0.15, 0.2) is 48.5 Å². The Hall–Kier alpha value is -2.29. The van der Waals surface area contributed by atoms with Crippen molar-refractivity contribution >= 4 is 11.6 Å². The third kappa shape index (κ3) is 4.09. The van der Waals surface area contributed by atoms with Crippen LogP contribution in [-0.4, -0.2) is 26.5 Å². The molecule has 0 aromatic heterocycles. The predicted octanol–water partition coefficient (Wildman–Crippen LogP) is 3.03. The van der Waals surface area contributed by atoms with Gasteiger partial charge >= 0.3 is 0 Å². The van der Waals surface area contributed by atoms with Crippen molar-refractivity contribution in [3.05, 3.63) is 65.2 Å². The lowest BCUT2D eigenvalue weighted by atomic mass is 10.1. The Morgan fingerprint density at radius 2 is 1.81 bits per heavy atom. The highest BCUT2D eigenvalue weighted by Gasteiger charge is 2.08. The van der Waals surface area contributed by atoms with E-state index in [0.29, 0.717) is 12.1 Å². The summed E-state index contributed by atoms with van der Waals surface area (Å²) in [6.45, 7) is 2.67. The van der Waals surface area contributed by atoms with Crippen molar-refractivity contribution in [1.29, 1.82) is 0 Å². The van der Waals surface area contributed by atoms with E-state index < -0.39 is 0 Å². The fourth-order valence-electron chi connectivity index (χ4n) is 2.37. The Kier molecular flexibility index (Phi) is 4.99. The molecule has 2 rings (SSSR count). The van der Waals surface area contributed by atoms with Crippen molar-refractivity contribution in [2.45, 2.75) is 13.3 Å². The second-order valence-electron chi connectivity index (χ2n) is 5.39. The number of rotatable bonds is 5. The van der Waals surface area contributed by atoms with Gasteiger partial charge in [-0.3, -0.25) is 4.79 Å². The van der Waals surface area contributed by atoms with Crippen LogP contribution in [-0.2, 0) is 6.42 Å². The lowest BCUT2D eigenvalue weighted by Crippen LogP contribution is -2.25. The second kappa shape index (κ2) is 6.93. The third-order valence-electron chi connectivity index (χ3n) is 3.48. The molecule has 3 heteroatoms. The molecule has 2 aromatic carbocycles. The standard InChI is InChI=1S/C18H22N2O/c1-14-13-16(9-10-17(14)20(2)3)18(21)19-12-11-15-7-5-4-6-8-15/h4-10,13H,11-12H2,1-3H3,(H,19,21). The zero-order valence-corrected chi connectivity index (χ0v) is 12.9. The van der Waals surface area contributed by atoms with Crippen LogP contribution in [0.2, 0.25) is 0 Å². The van der Waals surface area contributed by atoms with Gasteiger partial charge in [-0.2, -0.15) is 0 Å². The van der Waals surface area contributed by atoms with Crippen LogP contribution >= 0.6 is 0 Å². The highest BCUT2D eigenvalue weighted by Crippen LogP contribution is 2.18. The predicted molar refractivity (Wildman–Crippen MR) is 88.0 cm³/mol. The minimum absolute atomic E-state index is 0.0145. The number of nitrogens with zero attached hydrogens (tertiary/aromatic N) is 1. The summed E-state index contributed by atoms with van der Waals surface area (Å²) in [6, 6.07) is 16.0. The Morgan fingerprint density at radius 1 is 1.10 bits per heavy atom. The van der Waals surface area contributed by atoms with E-state index in [1.165, 1.54) is 5.56 Å². The van der Waals surface area contributed by atoms with Gasteiger partial charge in [-0.25, -0.2) is 0 Å². The number of hydrogen-bond acceptors (Lipinski definition) is 2. The summed E-state index contributed by atoms with van der Waals surface area (Å²) in [5.74, 6) is -0.0145. The van der Waals surface area contributed by atoms with Crippen LogP contribution in [0, 0.1) is 6.92 Å². The molecule has 0 saturated carbocycles. The molecule has 21 heavy (non-hydrogen) atoms. The zero-order valence-electron chi connectivity index (χ0n) is 12.9. The number of nitrogens with one attached hydrogen (secondary N) is 1. The maximum atomic E-state index is 12.1. The van der Waals surface area contributed by atoms with Gasteiger partial charge in [0.2, 0.25) is 0 Å². The normalized spacial score (nSPS) is 10.2. The molecule has 0 radical (unpaired) electrons. The molecule has 3 nitrogen and oxygen atoms in total. The van der Waals surface area contributed by atoms with Gasteiger partial charge in [0.1, 0.15) is 0 Å². The number of carbonyl (C=O) groups is 1. The molecule has 1 amide bonds. The van der Waals surface area contributed by atoms with Crippen molar-refractivity contribution in [1.82, 2.24) is 5.32 Å². The quantitative estimate of drug-likeness (QED) is 0.914. The summed E-state index contributed by atoms with van der Waals surface area (Å²) >= 11 is 0. The van der Waals surface area contributed by atoms with Gasteiger partial charge in [0, 0.05) is 31.9 Å². The fraction of sp³-hybridized carbons (Fsp3) is 0.278. The molecule has 0 atom stereocenters. The first-order valence-electron chi connectivity index (χ1n) is 7.18. The van der Waals surface area contributed by atoms with E-state index in [1.807, 2.05) is 62.3 Å². The lowest BCUT2D eigenvalue weighted by Gasteiger charge is -2.16. The molecule has 0 unspecified atom stereocenters. The number of amides is 1. The summed E-state index contributed by atoms with van der Waals surface area (Å²) in [5.41, 5.74) is 4.19. The Bertz CT molecular complexity index is 606. The van der Waals surface area contributed by atoms with E-state index in [2.05, 4.69) is 17.4 Å². The summed E-state index contributed by atoms with van der Waals surface area (Å²) in [4.78, 5) is 14.2. The molecular formula is C18H22N2O. The van der Waals surface area contributed by atoms with Crippen molar-refractivity contribution < 1.29 is 4.79 Å². The summed E-state index contributed by atoms with van der Waals surface area (Å²) in [6.07, 6.45) is 0.849. The first kappa shape index (κ1) is 15.1. The molecule has 0 heterocycles. The van der Waals surface area contributed by atoms with Gasteiger partial charge < -0.3 is 10.2 Å². The highest BCUT2D eigenvalue weighted by atomic mass is 16.1. The molecule has 0 bridgehead atoms. The summed E-state index contributed by atoms with van der Waals surface area (Å²) in [5, 5.41) is 2.97. The third-order valence-corrected chi connectivity index (χ3v) is 3.48. The van der Waals surface area contributed by atoms with Gasteiger partial charge in [-0.15, -0.1) is 0 Å². The molecule has 0 spiro atoms. The SMILES string of the molecule is Cc1cc(C(=O)NCCc2ccccc2)ccc1N(C)C. The maximum absolute atomic E-state index is 12.1. The highest BCUT2D eigenvalue weighted by molar-refractivity contribution is 5.94. The van der Waals surface area contributed by atoms with Crippen molar-refractivity contribution in [2.75, 3.05) is 25.5 Å². The topological polar surface area (TPSA) is 32.3 Å². The van der Waals surface area contributed by atoms with Crippen LogP contribution in [0.3, 0.4) is 0 Å². The minimum atomic E-state index is -0.0145. The Morgan fingerprint density at radius 3 is 2.43 bits per heavy atom. The first-order valence-corrected chi connectivity index (χ1v) is 7.18. The zero-order chi connectivity index (χ0) is 15.2. The molecule has 2 aromatic rings. The maximum Gasteiger partial charge on any atom is 0.251 e. The molecule has 1 N–H and O–H groups in total. The molecule has 0 aliphatic carbocycles. The van der Waals surface area contributed by atoms with Gasteiger partial charge in [0.15, 0.2) is 0 Å². The number of anilines is 1. The van der Waals surface area contributed by atoms with Gasteiger partial charge in [-0.05, 0) is 42.7 Å². The van der Waals surface area contributed by atoms with Crippen molar-refractivity contribution in [3.63, 3.8) is 0 Å². The average molecular weight is 282 g/mol. The molecular weight excluding hydrogens is 260 g/mol. The monoisotopic (exact) mass is 282 g/mol. The van der Waals surface area contributed by atoms with E-state index >= 15 is 0 Å². The Labute approximate surface area is 126 Å². The lowest BCUT2D eigenvalue weighted by molar-refractivity contribution is 0.0954. The molecule has 0 aliphatic rings. The van der Waals surface area contributed by atoms with Crippen molar-refractivity contribution in [2.24, 2.45) is 0 Å². The summed E-state index contributed by atoms with van der Waals surface area (Å²) in [7, 11) is 4.00. The minimum Gasteiger partial charge on any atom is -0.377 e. The average Bonchev–Trinajstić information content (AvgIpc) is 2.47. The molecule has 110 valence electrons. The van der Waals surface area contributed by atoms with Gasteiger partial charge in [0.25, 0.3) is 5.91 Å². The van der Waals surface area contributed by atoms with Crippen molar-refractivity contribution in [3.8, 4) is 0 Å². The smallest absolute Gasteiger partial charge is 0.251 e. The number of hydrogen-bond donors (Lipinski definition) is 1. The van der Waals surface area contributed by atoms with Gasteiger partial charge in [-0.1, -0.05) is 30.3 Å².